The third-order valence-corrected chi connectivity index (χ3v) is 6.71. The maximum Gasteiger partial charge on any atom is 0.263 e. The van der Waals surface area contributed by atoms with Crippen molar-refractivity contribution in [2.75, 3.05) is 22.5 Å². The SMILES string of the molecule is C.CCCCC(=O)Nc1cccc(S(=O)(=O)Nc2nc3ccccc3nc2Nc2cc(O)cc(OC)c2)c1. The number of carbonyl (C=O) groups excluding carboxylic acids is 1. The molecule has 4 N–H and O–H groups in total. The van der Waals surface area contributed by atoms with Crippen LogP contribution in [-0.4, -0.2) is 36.5 Å². The predicted octanol–water partition coefficient (Wildman–Crippen LogP) is 5.65. The summed E-state index contributed by atoms with van der Waals surface area (Å²) in [6, 6.07) is 17.5. The number of amides is 1. The Morgan fingerprint density at radius 1 is 0.947 bits per heavy atom. The van der Waals surface area contributed by atoms with E-state index in [9.17, 15) is 18.3 Å². The quantitative estimate of drug-likeness (QED) is 0.203. The van der Waals surface area contributed by atoms with Crippen LogP contribution >= 0.6 is 0 Å². The van der Waals surface area contributed by atoms with Gasteiger partial charge in [0.1, 0.15) is 11.5 Å². The van der Waals surface area contributed by atoms with E-state index in [4.69, 9.17) is 4.74 Å². The molecule has 0 fully saturated rings. The van der Waals surface area contributed by atoms with Crippen molar-refractivity contribution in [2.45, 2.75) is 38.5 Å². The maximum absolute atomic E-state index is 13.3. The molecule has 0 radical (unpaired) electrons. The first-order valence-electron chi connectivity index (χ1n) is 11.6. The Kier molecular flexibility index (Phi) is 9.08. The van der Waals surface area contributed by atoms with Gasteiger partial charge in [0.25, 0.3) is 10.0 Å². The minimum absolute atomic E-state index is 0. The van der Waals surface area contributed by atoms with Gasteiger partial charge in [-0.05, 0) is 36.8 Å². The number of fused-ring (bicyclic) bond motifs is 1. The molecule has 1 amide bonds. The summed E-state index contributed by atoms with van der Waals surface area (Å²) < 4.78 is 34.4. The van der Waals surface area contributed by atoms with E-state index in [1.807, 2.05) is 6.92 Å². The zero-order valence-corrected chi connectivity index (χ0v) is 21.2. The van der Waals surface area contributed by atoms with Gasteiger partial charge < -0.3 is 20.5 Å². The number of para-hydroxylation sites is 2. The van der Waals surface area contributed by atoms with Crippen molar-refractivity contribution in [2.24, 2.45) is 0 Å². The molecule has 0 atom stereocenters. The lowest BCUT2D eigenvalue weighted by atomic mass is 10.2. The number of phenols is 1. The number of nitrogens with one attached hydrogen (secondary N) is 3. The number of sulfonamides is 1. The molecular formula is C27H31N5O5S. The average Bonchev–Trinajstić information content (AvgIpc) is 2.87. The molecule has 4 aromatic rings. The van der Waals surface area contributed by atoms with Crippen LogP contribution in [0.25, 0.3) is 11.0 Å². The van der Waals surface area contributed by atoms with Crippen molar-refractivity contribution < 1.29 is 23.1 Å². The van der Waals surface area contributed by atoms with Gasteiger partial charge in [-0.3, -0.25) is 9.52 Å². The Morgan fingerprint density at radius 3 is 2.34 bits per heavy atom. The standard InChI is InChI=1S/C26H27N5O5S.CH4/c1-3-4-12-24(33)27-17-8-7-9-21(15-17)37(34,35)31-26-25(29-22-10-5-6-11-23(22)30-26)28-18-13-19(32)16-20(14-18)36-2;/h5-11,13-16,32H,3-4,12H2,1-2H3,(H,27,33)(H,28,29)(H,30,31);1H4. The number of nitrogens with zero attached hydrogens (tertiary/aromatic N) is 2. The number of benzene rings is 3. The van der Waals surface area contributed by atoms with Crippen molar-refractivity contribution in [3.8, 4) is 11.5 Å². The molecule has 38 heavy (non-hydrogen) atoms. The molecule has 1 heterocycles. The van der Waals surface area contributed by atoms with E-state index in [1.165, 1.54) is 31.4 Å². The van der Waals surface area contributed by atoms with Crippen LogP contribution in [0.5, 0.6) is 11.5 Å². The molecular weight excluding hydrogens is 506 g/mol. The summed E-state index contributed by atoms with van der Waals surface area (Å²) >= 11 is 0. The van der Waals surface area contributed by atoms with E-state index in [-0.39, 0.29) is 35.6 Å². The van der Waals surface area contributed by atoms with Gasteiger partial charge in [0, 0.05) is 36.0 Å². The fourth-order valence-electron chi connectivity index (χ4n) is 3.56. The van der Waals surface area contributed by atoms with E-state index in [2.05, 4.69) is 25.3 Å². The van der Waals surface area contributed by atoms with E-state index in [0.717, 1.165) is 12.8 Å². The molecule has 10 nitrogen and oxygen atoms in total. The van der Waals surface area contributed by atoms with Gasteiger partial charge in [0.2, 0.25) is 5.91 Å². The van der Waals surface area contributed by atoms with Crippen molar-refractivity contribution in [3.63, 3.8) is 0 Å². The summed E-state index contributed by atoms with van der Waals surface area (Å²) in [5, 5.41) is 15.8. The number of phenolic OH excluding ortho intramolecular Hbond substituents is 1. The third-order valence-electron chi connectivity index (χ3n) is 5.38. The fraction of sp³-hybridized carbons (Fsp3) is 0.222. The van der Waals surface area contributed by atoms with Crippen LogP contribution in [0.3, 0.4) is 0 Å². The average molecular weight is 538 g/mol. The molecule has 4 rings (SSSR count). The first-order chi connectivity index (χ1) is 17.8. The molecule has 200 valence electrons. The minimum atomic E-state index is -4.11. The number of carbonyl (C=O) groups is 1. The van der Waals surface area contributed by atoms with Crippen LogP contribution in [0.1, 0.15) is 33.6 Å². The summed E-state index contributed by atoms with van der Waals surface area (Å²) in [4.78, 5) is 21.1. The smallest absolute Gasteiger partial charge is 0.263 e. The molecule has 0 spiro atoms. The number of anilines is 4. The topological polar surface area (TPSA) is 143 Å². The Morgan fingerprint density at radius 2 is 1.66 bits per heavy atom. The number of rotatable bonds is 10. The summed E-state index contributed by atoms with van der Waals surface area (Å²) in [5.41, 5.74) is 1.81. The van der Waals surface area contributed by atoms with Crippen LogP contribution < -0.4 is 20.1 Å². The van der Waals surface area contributed by atoms with Crippen molar-refractivity contribution in [1.82, 2.24) is 9.97 Å². The van der Waals surface area contributed by atoms with E-state index in [1.54, 1.807) is 42.5 Å². The van der Waals surface area contributed by atoms with E-state index in [0.29, 0.717) is 34.6 Å². The van der Waals surface area contributed by atoms with Crippen molar-refractivity contribution in [3.05, 3.63) is 66.7 Å². The molecule has 0 unspecified atom stereocenters. The van der Waals surface area contributed by atoms with Gasteiger partial charge in [0.05, 0.1) is 23.0 Å². The molecule has 0 saturated carbocycles. The maximum atomic E-state index is 13.3. The summed E-state index contributed by atoms with van der Waals surface area (Å²) in [6.07, 6.45) is 1.98. The molecule has 11 heteroatoms. The Balaban J connectivity index is 0.00000400. The van der Waals surface area contributed by atoms with E-state index >= 15 is 0 Å². The van der Waals surface area contributed by atoms with Gasteiger partial charge >= 0.3 is 0 Å². The first kappa shape index (κ1) is 28.2. The summed E-state index contributed by atoms with van der Waals surface area (Å²) in [5.74, 6) is 0.252. The molecule has 0 bridgehead atoms. The third kappa shape index (κ3) is 6.88. The summed E-state index contributed by atoms with van der Waals surface area (Å²) in [7, 11) is -2.64. The lowest BCUT2D eigenvalue weighted by Crippen LogP contribution is -2.17. The van der Waals surface area contributed by atoms with Gasteiger partial charge in [0.15, 0.2) is 11.6 Å². The molecule has 0 saturated heterocycles. The zero-order valence-electron chi connectivity index (χ0n) is 20.4. The Hall–Kier alpha value is -4.38. The van der Waals surface area contributed by atoms with Crippen LogP contribution in [0.15, 0.2) is 71.6 Å². The fourth-order valence-corrected chi connectivity index (χ4v) is 4.61. The molecule has 0 aliphatic carbocycles. The van der Waals surface area contributed by atoms with Crippen molar-refractivity contribution >= 4 is 50.0 Å². The predicted molar refractivity (Wildman–Crippen MR) is 150 cm³/mol. The van der Waals surface area contributed by atoms with Crippen LogP contribution in [0, 0.1) is 0 Å². The highest BCUT2D eigenvalue weighted by molar-refractivity contribution is 7.92. The number of methoxy groups -OCH3 is 1. The Bertz CT molecular complexity index is 1540. The second-order valence-electron chi connectivity index (χ2n) is 8.24. The number of aromatic hydroxyl groups is 1. The van der Waals surface area contributed by atoms with Gasteiger partial charge in [-0.1, -0.05) is 39.0 Å². The van der Waals surface area contributed by atoms with Gasteiger partial charge in [-0.2, -0.15) is 0 Å². The number of ether oxygens (including phenoxy) is 1. The number of unbranched alkanes of at least 4 members (excludes halogenated alkanes) is 1. The highest BCUT2D eigenvalue weighted by Gasteiger charge is 2.20. The molecule has 0 aliphatic heterocycles. The largest absolute Gasteiger partial charge is 0.508 e. The van der Waals surface area contributed by atoms with Crippen molar-refractivity contribution in [1.29, 1.82) is 0 Å². The van der Waals surface area contributed by atoms with E-state index < -0.39 is 10.0 Å². The molecule has 0 aliphatic rings. The van der Waals surface area contributed by atoms with Crippen LogP contribution in [-0.2, 0) is 14.8 Å². The van der Waals surface area contributed by atoms with Crippen LogP contribution in [0.2, 0.25) is 0 Å². The van der Waals surface area contributed by atoms with Gasteiger partial charge in [-0.25, -0.2) is 18.4 Å². The highest BCUT2D eigenvalue weighted by Crippen LogP contribution is 2.31. The van der Waals surface area contributed by atoms with Crippen LogP contribution in [0.4, 0.5) is 23.0 Å². The monoisotopic (exact) mass is 537 g/mol. The number of hydrogen-bond acceptors (Lipinski definition) is 8. The normalized spacial score (nSPS) is 10.9. The highest BCUT2D eigenvalue weighted by atomic mass is 32.2. The molecule has 1 aromatic heterocycles. The lowest BCUT2D eigenvalue weighted by Gasteiger charge is -2.15. The molecule has 3 aromatic carbocycles. The summed E-state index contributed by atoms with van der Waals surface area (Å²) in [6.45, 7) is 1.99. The zero-order chi connectivity index (χ0) is 26.4. The Labute approximate surface area is 222 Å². The minimum Gasteiger partial charge on any atom is -0.508 e. The second-order valence-corrected chi connectivity index (χ2v) is 9.92. The number of hydrogen-bond donors (Lipinski definition) is 4. The lowest BCUT2D eigenvalue weighted by molar-refractivity contribution is -0.116. The van der Waals surface area contributed by atoms with Gasteiger partial charge in [-0.15, -0.1) is 0 Å². The first-order valence-corrected chi connectivity index (χ1v) is 13.1. The second kappa shape index (κ2) is 12.2. The number of aromatic nitrogens is 2.